The molecule has 2 N–H and O–H groups in total. The number of nitrogens with one attached hydrogen (secondary N) is 2. The molecule has 0 bridgehead atoms. The number of rotatable bonds is 5. The molecule has 0 aromatic carbocycles. The lowest BCUT2D eigenvalue weighted by Crippen LogP contribution is -2.22. The predicted octanol–water partition coefficient (Wildman–Crippen LogP) is 1.84. The molecule has 92 valence electrons. The van der Waals surface area contributed by atoms with E-state index in [4.69, 9.17) is 16.3 Å². The van der Waals surface area contributed by atoms with Gasteiger partial charge >= 0.3 is 0 Å². The first-order chi connectivity index (χ1) is 8.20. The highest BCUT2D eigenvalue weighted by Crippen LogP contribution is 2.20. The molecule has 7 heteroatoms. The highest BCUT2D eigenvalue weighted by Gasteiger charge is 2.10. The molecule has 0 aliphatic rings. The minimum Gasteiger partial charge on any atom is -0.380 e. The second-order valence-electron chi connectivity index (χ2n) is 3.68. The maximum atomic E-state index is 5.83. The topological polar surface area (TPSA) is 75.7 Å². The van der Waals surface area contributed by atoms with Crippen LogP contribution in [0.2, 0.25) is 5.28 Å². The van der Waals surface area contributed by atoms with Crippen LogP contribution in [0.15, 0.2) is 6.20 Å². The summed E-state index contributed by atoms with van der Waals surface area (Å²) >= 11 is 5.83. The molecule has 0 aliphatic heterocycles. The van der Waals surface area contributed by atoms with Gasteiger partial charge in [0.2, 0.25) is 5.28 Å². The average molecular weight is 256 g/mol. The molecule has 0 saturated heterocycles. The van der Waals surface area contributed by atoms with Crippen molar-refractivity contribution in [1.82, 2.24) is 20.2 Å². The van der Waals surface area contributed by atoms with Crippen molar-refractivity contribution < 1.29 is 4.74 Å². The SMILES string of the molecule is CCOCC(C)Nc1nc(Cl)nc2[nH]ncc12. The molecule has 6 nitrogen and oxygen atoms in total. The van der Waals surface area contributed by atoms with Gasteiger partial charge in [-0.3, -0.25) is 5.10 Å². The van der Waals surface area contributed by atoms with Crippen molar-refractivity contribution in [2.45, 2.75) is 19.9 Å². The lowest BCUT2D eigenvalue weighted by Gasteiger charge is -2.14. The summed E-state index contributed by atoms with van der Waals surface area (Å²) in [7, 11) is 0. The Hall–Kier alpha value is -1.40. The normalized spacial score (nSPS) is 12.9. The van der Waals surface area contributed by atoms with E-state index in [-0.39, 0.29) is 11.3 Å². The van der Waals surface area contributed by atoms with Gasteiger partial charge in [0.25, 0.3) is 0 Å². The molecule has 17 heavy (non-hydrogen) atoms. The van der Waals surface area contributed by atoms with Crippen LogP contribution in [0.3, 0.4) is 0 Å². The first-order valence-corrected chi connectivity index (χ1v) is 5.79. The summed E-state index contributed by atoms with van der Waals surface area (Å²) in [6.45, 7) is 5.27. The van der Waals surface area contributed by atoms with Crippen LogP contribution < -0.4 is 5.32 Å². The number of aromatic amines is 1. The minimum atomic E-state index is 0.138. The summed E-state index contributed by atoms with van der Waals surface area (Å²) in [6, 6.07) is 0.138. The second-order valence-corrected chi connectivity index (χ2v) is 4.02. The maximum Gasteiger partial charge on any atom is 0.226 e. The fourth-order valence-electron chi connectivity index (χ4n) is 1.49. The van der Waals surface area contributed by atoms with Gasteiger partial charge in [0.15, 0.2) is 5.65 Å². The van der Waals surface area contributed by atoms with E-state index in [1.54, 1.807) is 6.20 Å². The molecule has 0 saturated carbocycles. The van der Waals surface area contributed by atoms with Gasteiger partial charge in [-0.1, -0.05) is 0 Å². The maximum absolute atomic E-state index is 5.83. The van der Waals surface area contributed by atoms with E-state index in [1.807, 2.05) is 13.8 Å². The summed E-state index contributed by atoms with van der Waals surface area (Å²) in [4.78, 5) is 8.18. The van der Waals surface area contributed by atoms with E-state index >= 15 is 0 Å². The molecule has 1 unspecified atom stereocenters. The summed E-state index contributed by atoms with van der Waals surface area (Å²) in [5.74, 6) is 0.668. The third-order valence-corrected chi connectivity index (χ3v) is 2.41. The zero-order valence-electron chi connectivity index (χ0n) is 9.70. The Bertz CT molecular complexity index is 500. The Kier molecular flexibility index (Phi) is 3.75. The van der Waals surface area contributed by atoms with E-state index in [0.29, 0.717) is 24.7 Å². The van der Waals surface area contributed by atoms with Crippen molar-refractivity contribution in [2.24, 2.45) is 0 Å². The summed E-state index contributed by atoms with van der Waals surface area (Å²) in [5, 5.41) is 10.9. The van der Waals surface area contributed by atoms with Crippen molar-refractivity contribution in [3.8, 4) is 0 Å². The fourth-order valence-corrected chi connectivity index (χ4v) is 1.66. The number of hydrogen-bond acceptors (Lipinski definition) is 5. The van der Waals surface area contributed by atoms with Crippen LogP contribution in [-0.4, -0.2) is 39.4 Å². The van der Waals surface area contributed by atoms with Crippen LogP contribution in [0.25, 0.3) is 11.0 Å². The quantitative estimate of drug-likeness (QED) is 0.798. The molecule has 0 spiro atoms. The molecule has 0 fully saturated rings. The van der Waals surface area contributed by atoms with Gasteiger partial charge in [0.1, 0.15) is 5.82 Å². The zero-order valence-corrected chi connectivity index (χ0v) is 10.5. The van der Waals surface area contributed by atoms with Crippen LogP contribution in [0.1, 0.15) is 13.8 Å². The van der Waals surface area contributed by atoms with E-state index < -0.39 is 0 Å². The van der Waals surface area contributed by atoms with Crippen molar-refractivity contribution in [3.05, 3.63) is 11.5 Å². The van der Waals surface area contributed by atoms with Crippen LogP contribution >= 0.6 is 11.6 Å². The van der Waals surface area contributed by atoms with E-state index in [2.05, 4.69) is 25.5 Å². The van der Waals surface area contributed by atoms with Gasteiger partial charge in [-0.2, -0.15) is 15.1 Å². The van der Waals surface area contributed by atoms with E-state index in [9.17, 15) is 0 Å². The highest BCUT2D eigenvalue weighted by molar-refractivity contribution is 6.28. The number of H-pyrrole nitrogens is 1. The Morgan fingerprint density at radius 3 is 3.12 bits per heavy atom. The number of hydrogen-bond donors (Lipinski definition) is 2. The smallest absolute Gasteiger partial charge is 0.226 e. The monoisotopic (exact) mass is 255 g/mol. The third-order valence-electron chi connectivity index (χ3n) is 2.24. The number of anilines is 1. The van der Waals surface area contributed by atoms with Crippen molar-refractivity contribution in [1.29, 1.82) is 0 Å². The Labute approximate surface area is 104 Å². The molecule has 1 atom stereocenters. The van der Waals surface area contributed by atoms with E-state index in [1.165, 1.54) is 0 Å². The van der Waals surface area contributed by atoms with Crippen molar-refractivity contribution in [3.63, 3.8) is 0 Å². The standard InChI is InChI=1S/C10H14ClN5O/c1-3-17-5-6(2)13-8-7-4-12-16-9(7)15-10(11)14-8/h4,6H,3,5H2,1-2H3,(H2,12,13,14,15,16). The molecule has 2 heterocycles. The van der Waals surface area contributed by atoms with Crippen LogP contribution in [0, 0.1) is 0 Å². The summed E-state index contributed by atoms with van der Waals surface area (Å²) in [5.41, 5.74) is 0.621. The van der Waals surface area contributed by atoms with Crippen molar-refractivity contribution in [2.75, 3.05) is 18.5 Å². The first kappa shape index (κ1) is 12.1. The molecular formula is C10H14ClN5O. The second kappa shape index (κ2) is 5.29. The Morgan fingerprint density at radius 2 is 2.35 bits per heavy atom. The Balaban J connectivity index is 2.19. The number of halogens is 1. The molecule has 2 rings (SSSR count). The number of ether oxygens (including phenoxy) is 1. The molecule has 0 aliphatic carbocycles. The summed E-state index contributed by atoms with van der Waals surface area (Å²) < 4.78 is 5.33. The number of nitrogens with zero attached hydrogens (tertiary/aromatic N) is 3. The van der Waals surface area contributed by atoms with Crippen molar-refractivity contribution >= 4 is 28.5 Å². The lowest BCUT2D eigenvalue weighted by atomic mass is 10.3. The lowest BCUT2D eigenvalue weighted by molar-refractivity contribution is 0.141. The molecule has 0 radical (unpaired) electrons. The Morgan fingerprint density at radius 1 is 1.53 bits per heavy atom. The molecule has 0 amide bonds. The number of fused-ring (bicyclic) bond motifs is 1. The van der Waals surface area contributed by atoms with E-state index in [0.717, 1.165) is 5.39 Å². The number of aromatic nitrogens is 4. The first-order valence-electron chi connectivity index (χ1n) is 5.41. The zero-order chi connectivity index (χ0) is 12.3. The predicted molar refractivity (Wildman–Crippen MR) is 66.3 cm³/mol. The molecule has 2 aromatic rings. The average Bonchev–Trinajstić information content (AvgIpc) is 2.74. The van der Waals surface area contributed by atoms with Crippen LogP contribution in [-0.2, 0) is 4.74 Å². The molecular weight excluding hydrogens is 242 g/mol. The third kappa shape index (κ3) is 2.83. The van der Waals surface area contributed by atoms with Gasteiger partial charge in [0, 0.05) is 12.6 Å². The highest BCUT2D eigenvalue weighted by atomic mass is 35.5. The largest absolute Gasteiger partial charge is 0.380 e. The van der Waals surface area contributed by atoms with Gasteiger partial charge in [-0.15, -0.1) is 0 Å². The van der Waals surface area contributed by atoms with Gasteiger partial charge < -0.3 is 10.1 Å². The van der Waals surface area contributed by atoms with Gasteiger partial charge in [-0.05, 0) is 25.4 Å². The van der Waals surface area contributed by atoms with Crippen LogP contribution in [0.5, 0.6) is 0 Å². The van der Waals surface area contributed by atoms with Crippen LogP contribution in [0.4, 0.5) is 5.82 Å². The fraction of sp³-hybridized carbons (Fsp3) is 0.500. The van der Waals surface area contributed by atoms with Gasteiger partial charge in [-0.25, -0.2) is 0 Å². The molecule has 2 aromatic heterocycles. The summed E-state index contributed by atoms with van der Waals surface area (Å²) in [6.07, 6.45) is 1.67. The minimum absolute atomic E-state index is 0.138. The van der Waals surface area contributed by atoms with Gasteiger partial charge in [0.05, 0.1) is 18.2 Å².